The monoisotopic (exact) mass is 308 g/mol. The average Bonchev–Trinajstić information content (AvgIpc) is 2.27. The van der Waals surface area contributed by atoms with E-state index in [-0.39, 0.29) is 24.0 Å². The maximum atomic E-state index is 12.3. The highest BCUT2D eigenvalue weighted by Gasteiger charge is 2.30. The van der Waals surface area contributed by atoms with Gasteiger partial charge in [-0.2, -0.15) is 13.2 Å². The summed E-state index contributed by atoms with van der Waals surface area (Å²) in [6.45, 7) is 5.22. The van der Waals surface area contributed by atoms with Crippen LogP contribution in [-0.2, 0) is 6.54 Å². The molecule has 0 aliphatic carbocycles. The molecule has 4 N–H and O–H groups in total. The molecule has 21 heavy (non-hydrogen) atoms. The number of aromatic nitrogens is 2. The summed E-state index contributed by atoms with van der Waals surface area (Å²) in [5, 5.41) is 2.43. The third kappa shape index (κ3) is 4.83. The molecule has 0 aliphatic rings. The number of hydrogen-bond donors (Lipinski definition) is 3. The number of alkyl halides is 3. The van der Waals surface area contributed by atoms with Gasteiger partial charge in [0.1, 0.15) is 11.5 Å². The summed E-state index contributed by atoms with van der Waals surface area (Å²) in [4.78, 5) is 25.4. The number of nitrogens with two attached hydrogens (primary N) is 1. The van der Waals surface area contributed by atoms with Crippen LogP contribution in [0.3, 0.4) is 0 Å². The predicted molar refractivity (Wildman–Crippen MR) is 74.3 cm³/mol. The van der Waals surface area contributed by atoms with Crippen molar-refractivity contribution in [2.24, 2.45) is 5.92 Å². The Labute approximate surface area is 119 Å². The van der Waals surface area contributed by atoms with Crippen molar-refractivity contribution in [3.63, 3.8) is 0 Å². The fourth-order valence-corrected chi connectivity index (χ4v) is 1.92. The number of nitrogens with one attached hydrogen (secondary N) is 2. The average molecular weight is 308 g/mol. The maximum Gasteiger partial charge on any atom is 0.391 e. The molecule has 0 radical (unpaired) electrons. The molecule has 1 aromatic rings. The van der Waals surface area contributed by atoms with Gasteiger partial charge >= 0.3 is 11.9 Å². The molecule has 0 bridgehead atoms. The Kier molecular flexibility index (Phi) is 5.08. The number of hydrogen-bond acceptors (Lipinski definition) is 4. The van der Waals surface area contributed by atoms with Gasteiger partial charge in [-0.15, -0.1) is 0 Å². The van der Waals surface area contributed by atoms with Crippen LogP contribution in [0.5, 0.6) is 0 Å². The highest BCUT2D eigenvalue weighted by atomic mass is 19.4. The third-order valence-electron chi connectivity index (χ3n) is 2.72. The molecular weight excluding hydrogens is 289 g/mol. The Morgan fingerprint density at radius 2 is 1.86 bits per heavy atom. The van der Waals surface area contributed by atoms with Gasteiger partial charge in [-0.3, -0.25) is 14.3 Å². The van der Waals surface area contributed by atoms with Gasteiger partial charge in [0, 0.05) is 12.6 Å². The van der Waals surface area contributed by atoms with E-state index in [0.717, 1.165) is 4.57 Å². The van der Waals surface area contributed by atoms with Gasteiger partial charge in [-0.25, -0.2) is 4.79 Å². The van der Waals surface area contributed by atoms with Crippen molar-refractivity contribution < 1.29 is 13.2 Å². The second-order valence-electron chi connectivity index (χ2n) is 5.39. The van der Waals surface area contributed by atoms with Crippen molar-refractivity contribution >= 4 is 11.5 Å². The number of rotatable bonds is 5. The van der Waals surface area contributed by atoms with Gasteiger partial charge in [0.15, 0.2) is 0 Å². The van der Waals surface area contributed by atoms with Crippen LogP contribution in [0, 0.1) is 5.92 Å². The minimum atomic E-state index is -4.36. The van der Waals surface area contributed by atoms with Crippen molar-refractivity contribution in [1.29, 1.82) is 0 Å². The lowest BCUT2D eigenvalue weighted by Crippen LogP contribution is -2.37. The number of aromatic amines is 1. The zero-order chi connectivity index (χ0) is 16.4. The molecule has 0 spiro atoms. The van der Waals surface area contributed by atoms with Crippen LogP contribution in [0.4, 0.5) is 24.7 Å². The maximum absolute atomic E-state index is 12.3. The van der Waals surface area contributed by atoms with Gasteiger partial charge in [0.05, 0.1) is 6.42 Å². The molecule has 1 aromatic heterocycles. The molecular formula is C12H19F3N4O2. The van der Waals surface area contributed by atoms with Gasteiger partial charge in [-0.05, 0) is 12.8 Å². The van der Waals surface area contributed by atoms with Gasteiger partial charge in [0.2, 0.25) is 0 Å². The van der Waals surface area contributed by atoms with E-state index < -0.39 is 29.9 Å². The summed E-state index contributed by atoms with van der Waals surface area (Å²) in [6.07, 6.45) is -5.48. The molecule has 1 rings (SSSR count). The number of nitrogen functional groups attached to an aromatic ring is 1. The first-order valence-corrected chi connectivity index (χ1v) is 6.47. The Morgan fingerprint density at radius 1 is 1.29 bits per heavy atom. The first kappa shape index (κ1) is 17.1. The highest BCUT2D eigenvalue weighted by Crippen LogP contribution is 2.23. The molecule has 0 aromatic carbocycles. The molecule has 6 nitrogen and oxygen atoms in total. The third-order valence-corrected chi connectivity index (χ3v) is 2.72. The summed E-state index contributed by atoms with van der Waals surface area (Å²) in [5.41, 5.74) is 4.02. The lowest BCUT2D eigenvalue weighted by molar-refractivity contribution is -0.136. The molecule has 120 valence electrons. The van der Waals surface area contributed by atoms with Crippen LogP contribution in [0.15, 0.2) is 9.59 Å². The van der Waals surface area contributed by atoms with Crippen LogP contribution >= 0.6 is 0 Å². The van der Waals surface area contributed by atoms with Crippen LogP contribution in [0.1, 0.15) is 27.2 Å². The fourth-order valence-electron chi connectivity index (χ4n) is 1.92. The number of anilines is 2. The number of H-pyrrole nitrogens is 1. The van der Waals surface area contributed by atoms with Crippen LogP contribution in [0.25, 0.3) is 0 Å². The molecule has 0 saturated heterocycles. The van der Waals surface area contributed by atoms with E-state index in [9.17, 15) is 22.8 Å². The summed E-state index contributed by atoms with van der Waals surface area (Å²) in [5.74, 6) is -0.0807. The molecule has 0 saturated carbocycles. The Bertz CT molecular complexity index is 604. The van der Waals surface area contributed by atoms with Gasteiger partial charge in [-0.1, -0.05) is 13.8 Å². The topological polar surface area (TPSA) is 92.9 Å². The molecule has 9 heteroatoms. The van der Waals surface area contributed by atoms with E-state index in [1.807, 2.05) is 18.8 Å². The van der Waals surface area contributed by atoms with Crippen LogP contribution in [-0.4, -0.2) is 21.8 Å². The first-order valence-electron chi connectivity index (χ1n) is 6.47. The van der Waals surface area contributed by atoms with Crippen molar-refractivity contribution in [3.05, 3.63) is 20.8 Å². The van der Waals surface area contributed by atoms with E-state index in [2.05, 4.69) is 5.32 Å². The number of nitrogens with zero attached hydrogens (tertiary/aromatic N) is 1. The lowest BCUT2D eigenvalue weighted by atomic mass is 10.2. The summed E-state index contributed by atoms with van der Waals surface area (Å²) in [7, 11) is 0. The largest absolute Gasteiger partial charge is 0.391 e. The molecule has 1 atom stereocenters. The van der Waals surface area contributed by atoms with Crippen molar-refractivity contribution in [3.8, 4) is 0 Å². The Morgan fingerprint density at radius 3 is 2.33 bits per heavy atom. The fraction of sp³-hybridized carbons (Fsp3) is 0.667. The van der Waals surface area contributed by atoms with E-state index in [1.54, 1.807) is 0 Å². The molecule has 0 fully saturated rings. The summed E-state index contributed by atoms with van der Waals surface area (Å²) in [6, 6.07) is -1.04. The van der Waals surface area contributed by atoms with Crippen molar-refractivity contribution in [2.75, 3.05) is 11.1 Å². The smallest absolute Gasteiger partial charge is 0.383 e. The van der Waals surface area contributed by atoms with E-state index in [0.29, 0.717) is 0 Å². The molecule has 0 amide bonds. The zero-order valence-corrected chi connectivity index (χ0v) is 12.0. The minimum absolute atomic E-state index is 0.0800. The standard InChI is InChI=1S/C12H19F3N4O2/c1-6(2)5-19-9(16)8(10(20)18-11(19)21)17-7(3)4-12(13,14)15/h6-7,17H,4-5,16H2,1-3H3,(H,18,20,21). The minimum Gasteiger partial charge on any atom is -0.383 e. The normalized spacial score (nSPS) is 13.5. The van der Waals surface area contributed by atoms with Crippen LogP contribution in [0.2, 0.25) is 0 Å². The SMILES string of the molecule is CC(C)Cn1c(N)c(NC(C)CC(F)(F)F)c(=O)[nH]c1=O. The number of halogens is 3. The van der Waals surface area contributed by atoms with Crippen molar-refractivity contribution in [2.45, 2.75) is 46.0 Å². The Balaban J connectivity index is 3.13. The predicted octanol–water partition coefficient (Wildman–Crippen LogP) is 1.53. The first-order chi connectivity index (χ1) is 9.51. The van der Waals surface area contributed by atoms with Gasteiger partial charge < -0.3 is 11.1 Å². The van der Waals surface area contributed by atoms with Crippen LogP contribution < -0.4 is 22.3 Å². The van der Waals surface area contributed by atoms with E-state index in [4.69, 9.17) is 5.73 Å². The van der Waals surface area contributed by atoms with Gasteiger partial charge in [0.25, 0.3) is 5.56 Å². The van der Waals surface area contributed by atoms with E-state index in [1.165, 1.54) is 6.92 Å². The highest BCUT2D eigenvalue weighted by molar-refractivity contribution is 5.60. The molecule has 0 aliphatic heterocycles. The second kappa shape index (κ2) is 6.23. The lowest BCUT2D eigenvalue weighted by Gasteiger charge is -2.19. The second-order valence-corrected chi connectivity index (χ2v) is 5.39. The Hall–Kier alpha value is -1.93. The van der Waals surface area contributed by atoms with E-state index >= 15 is 0 Å². The van der Waals surface area contributed by atoms with Crippen molar-refractivity contribution in [1.82, 2.24) is 9.55 Å². The molecule has 1 unspecified atom stereocenters. The quantitative estimate of drug-likeness (QED) is 0.769. The molecule has 1 heterocycles. The summed E-state index contributed by atoms with van der Waals surface area (Å²) < 4.78 is 38.1. The zero-order valence-electron chi connectivity index (χ0n) is 12.0. The summed E-state index contributed by atoms with van der Waals surface area (Å²) >= 11 is 0.